The molecular formula is C14H20Cl2N4O2S. The Morgan fingerprint density at radius 3 is 2.96 bits per heavy atom. The number of aromatic nitrogens is 1. The maximum atomic E-state index is 11.0. The van der Waals surface area contributed by atoms with E-state index in [2.05, 4.69) is 21.7 Å². The Labute approximate surface area is 151 Å². The zero-order valence-electron chi connectivity index (χ0n) is 12.4. The van der Waals surface area contributed by atoms with E-state index < -0.39 is 6.09 Å². The van der Waals surface area contributed by atoms with E-state index in [1.54, 1.807) is 11.3 Å². The van der Waals surface area contributed by atoms with E-state index in [0.717, 1.165) is 30.2 Å². The number of fused-ring (bicyclic) bond motifs is 1. The molecule has 0 saturated carbocycles. The minimum atomic E-state index is -0.833. The van der Waals surface area contributed by atoms with Crippen molar-refractivity contribution in [1.82, 2.24) is 15.2 Å². The summed E-state index contributed by atoms with van der Waals surface area (Å²) < 4.78 is 1.17. The highest BCUT2D eigenvalue weighted by Crippen LogP contribution is 2.25. The summed E-state index contributed by atoms with van der Waals surface area (Å²) in [7, 11) is 0. The maximum Gasteiger partial charge on any atom is 0.407 e. The van der Waals surface area contributed by atoms with E-state index in [0.29, 0.717) is 13.1 Å². The number of nitrogens with one attached hydrogen (secondary N) is 2. The van der Waals surface area contributed by atoms with Crippen LogP contribution >= 0.6 is 36.2 Å². The standard InChI is InChI=1S/C14H18N4O2S.2ClH/c19-14(20)18-8-7-15-10(9-18)5-6-16-13-17-11-3-1-2-4-12(11)21-13;;/h1-4,10,15H,5-9H2,(H,16,17)(H,19,20);2*1H/t10-;;/m1../s1. The van der Waals surface area contributed by atoms with Crippen LogP contribution in [0.1, 0.15) is 6.42 Å². The average Bonchev–Trinajstić information content (AvgIpc) is 2.90. The molecule has 1 fully saturated rings. The van der Waals surface area contributed by atoms with E-state index >= 15 is 0 Å². The average molecular weight is 379 g/mol. The normalized spacial score (nSPS) is 17.2. The Morgan fingerprint density at radius 1 is 1.43 bits per heavy atom. The third-order valence-corrected chi connectivity index (χ3v) is 4.58. The number of amides is 1. The number of hydrogen-bond acceptors (Lipinski definition) is 5. The SMILES string of the molecule is Cl.Cl.O=C(O)N1CCN[C@H](CCNc2nc3ccccc3s2)C1. The van der Waals surface area contributed by atoms with Crippen molar-refractivity contribution in [2.24, 2.45) is 0 Å². The van der Waals surface area contributed by atoms with Crippen molar-refractivity contribution >= 4 is 57.6 Å². The Balaban J connectivity index is 0.00000132. The molecule has 23 heavy (non-hydrogen) atoms. The fourth-order valence-corrected chi connectivity index (χ4v) is 3.39. The van der Waals surface area contributed by atoms with Gasteiger partial charge in [0, 0.05) is 32.2 Å². The molecule has 0 radical (unpaired) electrons. The highest BCUT2D eigenvalue weighted by Gasteiger charge is 2.22. The third kappa shape index (κ3) is 5.10. The summed E-state index contributed by atoms with van der Waals surface area (Å²) in [5.74, 6) is 0. The molecule has 1 aromatic carbocycles. The van der Waals surface area contributed by atoms with Gasteiger partial charge in [-0.05, 0) is 18.6 Å². The molecule has 2 heterocycles. The predicted octanol–water partition coefficient (Wildman–Crippen LogP) is 2.89. The van der Waals surface area contributed by atoms with Gasteiger partial charge in [0.1, 0.15) is 0 Å². The van der Waals surface area contributed by atoms with Gasteiger partial charge < -0.3 is 20.6 Å². The summed E-state index contributed by atoms with van der Waals surface area (Å²) in [6.45, 7) is 2.62. The van der Waals surface area contributed by atoms with E-state index in [1.807, 2.05) is 18.2 Å². The molecule has 0 aliphatic carbocycles. The van der Waals surface area contributed by atoms with Gasteiger partial charge in [0.15, 0.2) is 5.13 Å². The van der Waals surface area contributed by atoms with Crippen LogP contribution in [-0.4, -0.2) is 53.3 Å². The van der Waals surface area contributed by atoms with Gasteiger partial charge >= 0.3 is 6.09 Å². The summed E-state index contributed by atoms with van der Waals surface area (Å²) in [6.07, 6.45) is 0.0420. The predicted molar refractivity (Wildman–Crippen MR) is 98.6 cm³/mol. The van der Waals surface area contributed by atoms with Gasteiger partial charge in [-0.1, -0.05) is 23.5 Å². The Bertz CT molecular complexity index is 607. The van der Waals surface area contributed by atoms with Crippen LogP contribution in [0.15, 0.2) is 24.3 Å². The molecular weight excluding hydrogens is 359 g/mol. The number of nitrogens with zero attached hydrogens (tertiary/aromatic N) is 2. The molecule has 1 amide bonds. The van der Waals surface area contributed by atoms with E-state index in [9.17, 15) is 4.79 Å². The molecule has 1 aromatic heterocycles. The number of para-hydroxylation sites is 1. The topological polar surface area (TPSA) is 77.5 Å². The summed E-state index contributed by atoms with van der Waals surface area (Å²) in [6, 6.07) is 8.27. The van der Waals surface area contributed by atoms with Gasteiger partial charge in [-0.2, -0.15) is 0 Å². The van der Waals surface area contributed by atoms with Gasteiger partial charge in [0.2, 0.25) is 0 Å². The van der Waals surface area contributed by atoms with Crippen molar-refractivity contribution in [3.05, 3.63) is 24.3 Å². The second-order valence-corrected chi connectivity index (χ2v) is 6.11. The third-order valence-electron chi connectivity index (χ3n) is 3.59. The van der Waals surface area contributed by atoms with Crippen molar-refractivity contribution in [3.8, 4) is 0 Å². The molecule has 2 aromatic rings. The van der Waals surface area contributed by atoms with Crippen LogP contribution in [0.4, 0.5) is 9.93 Å². The van der Waals surface area contributed by atoms with Crippen LogP contribution in [0.5, 0.6) is 0 Å². The molecule has 0 bridgehead atoms. The molecule has 1 saturated heterocycles. The van der Waals surface area contributed by atoms with Gasteiger partial charge in [-0.15, -0.1) is 24.8 Å². The van der Waals surface area contributed by atoms with Crippen LogP contribution in [-0.2, 0) is 0 Å². The monoisotopic (exact) mass is 378 g/mol. The van der Waals surface area contributed by atoms with Gasteiger partial charge in [0.05, 0.1) is 10.2 Å². The number of hydrogen-bond donors (Lipinski definition) is 3. The minimum Gasteiger partial charge on any atom is -0.465 e. The lowest BCUT2D eigenvalue weighted by Gasteiger charge is -2.31. The molecule has 1 atom stereocenters. The molecule has 1 aliphatic rings. The summed E-state index contributed by atoms with van der Waals surface area (Å²) in [5, 5.41) is 16.6. The summed E-state index contributed by atoms with van der Waals surface area (Å²) in [5.41, 5.74) is 1.01. The van der Waals surface area contributed by atoms with Crippen LogP contribution in [0.3, 0.4) is 0 Å². The van der Waals surface area contributed by atoms with Crippen molar-refractivity contribution < 1.29 is 9.90 Å². The Kier molecular flexibility index (Phi) is 7.84. The van der Waals surface area contributed by atoms with E-state index in [4.69, 9.17) is 5.11 Å². The van der Waals surface area contributed by atoms with E-state index in [1.165, 1.54) is 9.60 Å². The van der Waals surface area contributed by atoms with Crippen LogP contribution in [0, 0.1) is 0 Å². The number of anilines is 1. The minimum absolute atomic E-state index is 0. The van der Waals surface area contributed by atoms with Gasteiger partial charge in [0.25, 0.3) is 0 Å². The van der Waals surface area contributed by atoms with Crippen molar-refractivity contribution in [2.45, 2.75) is 12.5 Å². The molecule has 1 aliphatic heterocycles. The van der Waals surface area contributed by atoms with Crippen LogP contribution in [0.2, 0.25) is 0 Å². The van der Waals surface area contributed by atoms with Crippen LogP contribution in [0.25, 0.3) is 10.2 Å². The first-order valence-corrected chi connectivity index (χ1v) is 7.85. The second-order valence-electron chi connectivity index (χ2n) is 5.08. The number of rotatable bonds is 4. The zero-order valence-corrected chi connectivity index (χ0v) is 14.8. The first-order chi connectivity index (χ1) is 10.2. The largest absolute Gasteiger partial charge is 0.465 e. The fraction of sp³-hybridized carbons (Fsp3) is 0.429. The molecule has 0 unspecified atom stereocenters. The molecule has 3 rings (SSSR count). The molecule has 128 valence electrons. The lowest BCUT2D eigenvalue weighted by Crippen LogP contribution is -2.52. The van der Waals surface area contributed by atoms with E-state index in [-0.39, 0.29) is 30.9 Å². The summed E-state index contributed by atoms with van der Waals surface area (Å²) in [4.78, 5) is 17.0. The van der Waals surface area contributed by atoms with Crippen LogP contribution < -0.4 is 10.6 Å². The van der Waals surface area contributed by atoms with Gasteiger partial charge in [-0.3, -0.25) is 0 Å². The number of benzene rings is 1. The molecule has 9 heteroatoms. The number of piperazine rings is 1. The second kappa shape index (κ2) is 9.12. The van der Waals surface area contributed by atoms with Crippen molar-refractivity contribution in [1.29, 1.82) is 0 Å². The first kappa shape index (κ1) is 19.8. The number of carbonyl (C=O) groups is 1. The first-order valence-electron chi connectivity index (χ1n) is 7.03. The number of carboxylic acid groups (broad SMARTS) is 1. The highest BCUT2D eigenvalue weighted by atomic mass is 35.5. The fourth-order valence-electron chi connectivity index (χ4n) is 2.49. The quantitative estimate of drug-likeness (QED) is 0.762. The summed E-state index contributed by atoms with van der Waals surface area (Å²) >= 11 is 1.64. The molecule has 0 spiro atoms. The lowest BCUT2D eigenvalue weighted by molar-refractivity contribution is 0.128. The lowest BCUT2D eigenvalue weighted by atomic mass is 10.1. The smallest absolute Gasteiger partial charge is 0.407 e. The number of halogens is 2. The molecule has 6 nitrogen and oxygen atoms in total. The Hall–Kier alpha value is -1.28. The molecule has 3 N–H and O–H groups in total. The van der Waals surface area contributed by atoms with Gasteiger partial charge in [-0.25, -0.2) is 9.78 Å². The number of thiazole rings is 1. The Morgan fingerprint density at radius 2 is 2.22 bits per heavy atom. The highest BCUT2D eigenvalue weighted by molar-refractivity contribution is 7.22. The van der Waals surface area contributed by atoms with Crippen molar-refractivity contribution in [3.63, 3.8) is 0 Å². The zero-order chi connectivity index (χ0) is 14.7. The maximum absolute atomic E-state index is 11.0. The van der Waals surface area contributed by atoms with Crippen molar-refractivity contribution in [2.75, 3.05) is 31.5 Å².